The fourth-order valence-corrected chi connectivity index (χ4v) is 2.07. The number of rotatable bonds is 4. The van der Waals surface area contributed by atoms with Crippen LogP contribution < -0.4 is 0 Å². The predicted molar refractivity (Wildman–Crippen MR) is 70.9 cm³/mol. The van der Waals surface area contributed by atoms with Crippen molar-refractivity contribution < 1.29 is 5.11 Å². The van der Waals surface area contributed by atoms with Gasteiger partial charge in [-0.1, -0.05) is 26.0 Å². The van der Waals surface area contributed by atoms with E-state index in [-0.39, 0.29) is 6.61 Å². The van der Waals surface area contributed by atoms with Crippen LogP contribution in [0.1, 0.15) is 19.4 Å². The van der Waals surface area contributed by atoms with E-state index in [2.05, 4.69) is 43.1 Å². The maximum Gasteiger partial charge on any atom is 0.0702 e. The van der Waals surface area contributed by atoms with Crippen LogP contribution in [0, 0.1) is 11.8 Å². The van der Waals surface area contributed by atoms with E-state index < -0.39 is 0 Å². The third-order valence-electron chi connectivity index (χ3n) is 3.34. The lowest BCUT2D eigenvalue weighted by Gasteiger charge is -2.18. The molecule has 0 aliphatic carbocycles. The fourth-order valence-electron chi connectivity index (χ4n) is 2.07. The molecule has 0 saturated carbocycles. The number of nitrogens with zero attached hydrogens (tertiary/aromatic N) is 1. The van der Waals surface area contributed by atoms with Crippen molar-refractivity contribution in [2.45, 2.75) is 20.3 Å². The number of hydrogen-bond acceptors (Lipinski definition) is 2. The molecule has 0 spiro atoms. The zero-order valence-electron chi connectivity index (χ0n) is 10.4. The fraction of sp³-hybridized carbons (Fsp3) is 0.400. The Morgan fingerprint density at radius 2 is 2.06 bits per heavy atom. The van der Waals surface area contributed by atoms with Crippen LogP contribution in [0.25, 0.3) is 10.9 Å². The monoisotopic (exact) mass is 229 g/mol. The highest BCUT2D eigenvalue weighted by molar-refractivity contribution is 5.78. The smallest absolute Gasteiger partial charge is 0.0702 e. The highest BCUT2D eigenvalue weighted by Crippen LogP contribution is 2.20. The Kier molecular flexibility index (Phi) is 3.75. The van der Waals surface area contributed by atoms with E-state index in [0.717, 1.165) is 11.9 Å². The van der Waals surface area contributed by atoms with Gasteiger partial charge in [0.25, 0.3) is 0 Å². The van der Waals surface area contributed by atoms with Crippen molar-refractivity contribution in [1.29, 1.82) is 0 Å². The standard InChI is InChI=1S/C15H19NO/c1-11(2)14(10-17)9-12-5-6-15-13(8-12)4-3-7-16-15/h3-8,11,14,17H,9-10H2,1-2H3. The Bertz CT molecular complexity index is 493. The second kappa shape index (κ2) is 5.28. The first-order chi connectivity index (χ1) is 8.20. The Hall–Kier alpha value is -1.41. The second-order valence-corrected chi connectivity index (χ2v) is 4.92. The van der Waals surface area contributed by atoms with Crippen LogP contribution in [0.2, 0.25) is 0 Å². The highest BCUT2D eigenvalue weighted by atomic mass is 16.3. The Morgan fingerprint density at radius 1 is 1.24 bits per heavy atom. The quantitative estimate of drug-likeness (QED) is 0.874. The van der Waals surface area contributed by atoms with Gasteiger partial charge in [0, 0.05) is 18.2 Å². The maximum absolute atomic E-state index is 9.36. The molecule has 1 atom stereocenters. The van der Waals surface area contributed by atoms with Crippen LogP contribution in [-0.4, -0.2) is 16.7 Å². The number of aromatic nitrogens is 1. The Balaban J connectivity index is 2.24. The first-order valence-corrected chi connectivity index (χ1v) is 6.15. The highest BCUT2D eigenvalue weighted by Gasteiger charge is 2.12. The van der Waals surface area contributed by atoms with Crippen LogP contribution in [0.15, 0.2) is 36.5 Å². The van der Waals surface area contributed by atoms with Gasteiger partial charge < -0.3 is 5.11 Å². The summed E-state index contributed by atoms with van der Waals surface area (Å²) in [6.45, 7) is 4.57. The summed E-state index contributed by atoms with van der Waals surface area (Å²) in [6, 6.07) is 10.4. The molecule has 2 rings (SSSR count). The van der Waals surface area contributed by atoms with Crippen LogP contribution in [0.4, 0.5) is 0 Å². The molecule has 17 heavy (non-hydrogen) atoms. The molecule has 90 valence electrons. The van der Waals surface area contributed by atoms with Gasteiger partial charge in [-0.2, -0.15) is 0 Å². The van der Waals surface area contributed by atoms with Gasteiger partial charge in [-0.15, -0.1) is 0 Å². The van der Waals surface area contributed by atoms with Crippen molar-refractivity contribution in [3.63, 3.8) is 0 Å². The number of benzene rings is 1. The summed E-state index contributed by atoms with van der Waals surface area (Å²) in [4.78, 5) is 4.31. The lowest BCUT2D eigenvalue weighted by Crippen LogP contribution is -2.16. The number of aliphatic hydroxyl groups excluding tert-OH is 1. The molecule has 1 aromatic heterocycles. The SMILES string of the molecule is CC(C)C(CO)Cc1ccc2ncccc2c1. The van der Waals surface area contributed by atoms with Gasteiger partial charge in [0.1, 0.15) is 0 Å². The predicted octanol–water partition coefficient (Wildman–Crippen LogP) is 3.04. The molecular formula is C15H19NO. The van der Waals surface area contributed by atoms with Crippen LogP contribution >= 0.6 is 0 Å². The van der Waals surface area contributed by atoms with Crippen LogP contribution in [-0.2, 0) is 6.42 Å². The summed E-state index contributed by atoms with van der Waals surface area (Å²) in [5.74, 6) is 0.841. The molecule has 1 aromatic carbocycles. The van der Waals surface area contributed by atoms with Crippen molar-refractivity contribution in [2.75, 3.05) is 6.61 Å². The summed E-state index contributed by atoms with van der Waals surface area (Å²) in [6.07, 6.45) is 2.74. The van der Waals surface area contributed by atoms with Crippen molar-refractivity contribution in [2.24, 2.45) is 11.8 Å². The van der Waals surface area contributed by atoms with Crippen LogP contribution in [0.5, 0.6) is 0 Å². The molecule has 0 amide bonds. The van der Waals surface area contributed by atoms with Gasteiger partial charge in [-0.05, 0) is 42.0 Å². The molecule has 1 N–H and O–H groups in total. The number of aliphatic hydroxyl groups is 1. The van der Waals surface area contributed by atoms with Gasteiger partial charge >= 0.3 is 0 Å². The molecule has 0 aliphatic heterocycles. The third-order valence-corrected chi connectivity index (χ3v) is 3.34. The normalized spacial score (nSPS) is 13.2. The minimum atomic E-state index is 0.253. The number of fused-ring (bicyclic) bond motifs is 1. The van der Waals surface area contributed by atoms with E-state index in [0.29, 0.717) is 11.8 Å². The zero-order valence-corrected chi connectivity index (χ0v) is 10.4. The molecule has 1 unspecified atom stereocenters. The number of hydrogen-bond donors (Lipinski definition) is 1. The minimum Gasteiger partial charge on any atom is -0.396 e. The maximum atomic E-state index is 9.36. The molecule has 0 bridgehead atoms. The number of pyridine rings is 1. The summed E-state index contributed by atoms with van der Waals surface area (Å²) >= 11 is 0. The first-order valence-electron chi connectivity index (χ1n) is 6.15. The third kappa shape index (κ3) is 2.83. The average Bonchev–Trinajstić information content (AvgIpc) is 2.35. The van der Waals surface area contributed by atoms with E-state index >= 15 is 0 Å². The van der Waals surface area contributed by atoms with E-state index in [4.69, 9.17) is 0 Å². The second-order valence-electron chi connectivity index (χ2n) is 4.92. The lowest BCUT2D eigenvalue weighted by molar-refractivity contribution is 0.189. The van der Waals surface area contributed by atoms with E-state index in [1.54, 1.807) is 0 Å². The molecule has 0 saturated heterocycles. The minimum absolute atomic E-state index is 0.253. The van der Waals surface area contributed by atoms with Gasteiger partial charge in [0.2, 0.25) is 0 Å². The van der Waals surface area contributed by atoms with Gasteiger partial charge in [0.15, 0.2) is 0 Å². The molecule has 0 fully saturated rings. The largest absolute Gasteiger partial charge is 0.396 e. The molecule has 0 radical (unpaired) electrons. The summed E-state index contributed by atoms with van der Waals surface area (Å²) < 4.78 is 0. The zero-order chi connectivity index (χ0) is 12.3. The lowest BCUT2D eigenvalue weighted by atomic mass is 9.89. The topological polar surface area (TPSA) is 33.1 Å². The molecule has 1 heterocycles. The molecule has 0 aliphatic rings. The van der Waals surface area contributed by atoms with Gasteiger partial charge in [0.05, 0.1) is 5.52 Å². The van der Waals surface area contributed by atoms with Crippen molar-refractivity contribution in [3.8, 4) is 0 Å². The van der Waals surface area contributed by atoms with E-state index in [9.17, 15) is 5.11 Å². The Labute approximate surface area is 102 Å². The van der Waals surface area contributed by atoms with Crippen molar-refractivity contribution in [3.05, 3.63) is 42.1 Å². The average molecular weight is 229 g/mol. The first kappa shape index (κ1) is 12.1. The van der Waals surface area contributed by atoms with E-state index in [1.165, 1.54) is 10.9 Å². The van der Waals surface area contributed by atoms with Crippen molar-refractivity contribution >= 4 is 10.9 Å². The summed E-state index contributed by atoms with van der Waals surface area (Å²) in [5, 5.41) is 10.5. The van der Waals surface area contributed by atoms with Gasteiger partial charge in [-0.3, -0.25) is 4.98 Å². The molecular weight excluding hydrogens is 210 g/mol. The van der Waals surface area contributed by atoms with Gasteiger partial charge in [-0.25, -0.2) is 0 Å². The van der Waals surface area contributed by atoms with Crippen molar-refractivity contribution in [1.82, 2.24) is 4.98 Å². The molecule has 2 aromatic rings. The Morgan fingerprint density at radius 3 is 2.76 bits per heavy atom. The van der Waals surface area contributed by atoms with Crippen LogP contribution in [0.3, 0.4) is 0 Å². The summed E-state index contributed by atoms with van der Waals surface area (Å²) in [7, 11) is 0. The summed E-state index contributed by atoms with van der Waals surface area (Å²) in [5.41, 5.74) is 2.31. The molecule has 2 nitrogen and oxygen atoms in total. The molecule has 2 heteroatoms. The van der Waals surface area contributed by atoms with E-state index in [1.807, 2.05) is 12.3 Å².